The lowest BCUT2D eigenvalue weighted by Crippen LogP contribution is -1.92. The Balaban J connectivity index is 2.81. The van der Waals surface area contributed by atoms with E-state index in [9.17, 15) is 0 Å². The van der Waals surface area contributed by atoms with E-state index in [4.69, 9.17) is 0 Å². The van der Waals surface area contributed by atoms with Gasteiger partial charge in [0.2, 0.25) is 0 Å². The SMILES string of the molecule is C=CCC(C=CC)c1ccccc1. The van der Waals surface area contributed by atoms with Crippen LogP contribution >= 0.6 is 0 Å². The number of rotatable bonds is 4. The molecule has 0 heteroatoms. The highest BCUT2D eigenvalue weighted by Gasteiger charge is 2.03. The van der Waals surface area contributed by atoms with Crippen molar-refractivity contribution in [2.24, 2.45) is 0 Å². The zero-order valence-corrected chi connectivity index (χ0v) is 8.11. The van der Waals surface area contributed by atoms with E-state index < -0.39 is 0 Å². The van der Waals surface area contributed by atoms with Crippen LogP contribution in [0.15, 0.2) is 55.1 Å². The molecular weight excluding hydrogens is 156 g/mol. The molecule has 0 fully saturated rings. The molecule has 1 aromatic carbocycles. The largest absolute Gasteiger partial charge is 0.103 e. The van der Waals surface area contributed by atoms with E-state index in [-0.39, 0.29) is 0 Å². The van der Waals surface area contributed by atoms with Crippen molar-refractivity contribution in [3.05, 3.63) is 60.7 Å². The molecule has 13 heavy (non-hydrogen) atoms. The van der Waals surface area contributed by atoms with E-state index >= 15 is 0 Å². The Kier molecular flexibility index (Phi) is 4.04. The van der Waals surface area contributed by atoms with Crippen LogP contribution in [0.25, 0.3) is 0 Å². The molecular formula is C13H16. The molecule has 68 valence electrons. The summed E-state index contributed by atoms with van der Waals surface area (Å²) in [5, 5.41) is 0. The first kappa shape index (κ1) is 9.79. The molecule has 0 aliphatic heterocycles. The molecule has 0 heterocycles. The summed E-state index contributed by atoms with van der Waals surface area (Å²) in [6.45, 7) is 5.83. The maximum Gasteiger partial charge on any atom is 0.00522 e. The van der Waals surface area contributed by atoms with E-state index in [0.717, 1.165) is 6.42 Å². The van der Waals surface area contributed by atoms with Gasteiger partial charge in [0, 0.05) is 5.92 Å². The second-order valence-electron chi connectivity index (χ2n) is 3.07. The Bertz CT molecular complexity index is 269. The van der Waals surface area contributed by atoms with Gasteiger partial charge in [0.1, 0.15) is 0 Å². The molecule has 0 saturated carbocycles. The van der Waals surface area contributed by atoms with Crippen LogP contribution in [0.3, 0.4) is 0 Å². The monoisotopic (exact) mass is 172 g/mol. The first-order chi connectivity index (χ1) is 6.38. The van der Waals surface area contributed by atoms with Gasteiger partial charge in [-0.15, -0.1) is 6.58 Å². The van der Waals surface area contributed by atoms with Gasteiger partial charge < -0.3 is 0 Å². The van der Waals surface area contributed by atoms with Crippen LogP contribution in [0, 0.1) is 0 Å². The summed E-state index contributed by atoms with van der Waals surface area (Å²) in [5.74, 6) is 0.490. The van der Waals surface area contributed by atoms with Crippen molar-refractivity contribution in [2.45, 2.75) is 19.3 Å². The van der Waals surface area contributed by atoms with E-state index in [0.29, 0.717) is 5.92 Å². The van der Waals surface area contributed by atoms with Gasteiger partial charge in [-0.25, -0.2) is 0 Å². The minimum Gasteiger partial charge on any atom is -0.103 e. The first-order valence-corrected chi connectivity index (χ1v) is 4.67. The van der Waals surface area contributed by atoms with Crippen molar-refractivity contribution in [1.29, 1.82) is 0 Å². The molecule has 0 amide bonds. The molecule has 0 aliphatic carbocycles. The van der Waals surface area contributed by atoms with Crippen LogP contribution in [0.1, 0.15) is 24.8 Å². The van der Waals surface area contributed by atoms with Crippen molar-refractivity contribution in [3.63, 3.8) is 0 Å². The van der Waals surface area contributed by atoms with Crippen molar-refractivity contribution in [3.8, 4) is 0 Å². The van der Waals surface area contributed by atoms with E-state index in [2.05, 4.69) is 49.9 Å². The van der Waals surface area contributed by atoms with Crippen LogP contribution in [-0.4, -0.2) is 0 Å². The van der Waals surface area contributed by atoms with Crippen molar-refractivity contribution in [1.82, 2.24) is 0 Å². The average Bonchev–Trinajstić information content (AvgIpc) is 2.19. The third-order valence-electron chi connectivity index (χ3n) is 2.07. The van der Waals surface area contributed by atoms with Crippen molar-refractivity contribution >= 4 is 0 Å². The Hall–Kier alpha value is -1.30. The minimum absolute atomic E-state index is 0.490. The van der Waals surface area contributed by atoms with E-state index in [1.165, 1.54) is 5.56 Å². The number of benzene rings is 1. The third kappa shape index (κ3) is 2.90. The zero-order chi connectivity index (χ0) is 9.52. The Morgan fingerprint density at radius 3 is 2.54 bits per heavy atom. The third-order valence-corrected chi connectivity index (χ3v) is 2.07. The minimum atomic E-state index is 0.490. The highest BCUT2D eigenvalue weighted by atomic mass is 14.1. The lowest BCUT2D eigenvalue weighted by molar-refractivity contribution is 0.863. The summed E-state index contributed by atoms with van der Waals surface area (Å²) in [6.07, 6.45) is 7.30. The summed E-state index contributed by atoms with van der Waals surface area (Å²) in [7, 11) is 0. The van der Waals surface area contributed by atoms with Crippen molar-refractivity contribution < 1.29 is 0 Å². The summed E-state index contributed by atoms with van der Waals surface area (Å²) in [6, 6.07) is 10.5. The molecule has 0 aromatic heterocycles. The predicted molar refractivity (Wildman–Crippen MR) is 58.8 cm³/mol. The fraction of sp³-hybridized carbons (Fsp3) is 0.231. The van der Waals surface area contributed by atoms with Gasteiger partial charge in [0.15, 0.2) is 0 Å². The molecule has 0 radical (unpaired) electrons. The molecule has 1 rings (SSSR count). The number of hydrogen-bond donors (Lipinski definition) is 0. The Morgan fingerprint density at radius 2 is 2.00 bits per heavy atom. The van der Waals surface area contributed by atoms with Crippen molar-refractivity contribution in [2.75, 3.05) is 0 Å². The molecule has 0 nitrogen and oxygen atoms in total. The fourth-order valence-electron chi connectivity index (χ4n) is 1.44. The van der Waals surface area contributed by atoms with Crippen LogP contribution in [-0.2, 0) is 0 Å². The van der Waals surface area contributed by atoms with Gasteiger partial charge >= 0.3 is 0 Å². The van der Waals surface area contributed by atoms with Gasteiger partial charge in [0.05, 0.1) is 0 Å². The molecule has 0 N–H and O–H groups in total. The van der Waals surface area contributed by atoms with Crippen LogP contribution in [0.2, 0.25) is 0 Å². The molecule has 0 saturated heterocycles. The van der Waals surface area contributed by atoms with Crippen LogP contribution in [0.5, 0.6) is 0 Å². The maximum absolute atomic E-state index is 3.77. The fourth-order valence-corrected chi connectivity index (χ4v) is 1.44. The molecule has 1 atom stereocenters. The second-order valence-corrected chi connectivity index (χ2v) is 3.07. The zero-order valence-electron chi connectivity index (χ0n) is 8.11. The quantitative estimate of drug-likeness (QED) is 0.604. The lowest BCUT2D eigenvalue weighted by atomic mass is 9.95. The Morgan fingerprint density at radius 1 is 1.31 bits per heavy atom. The molecule has 0 spiro atoms. The second kappa shape index (κ2) is 5.36. The standard InChI is InChI=1S/C13H16/c1-3-8-12(9-4-2)13-10-6-5-7-11-13/h3-7,9-12H,1,8H2,2H3. The molecule has 0 aliphatic rings. The summed E-state index contributed by atoms with van der Waals surface area (Å²) in [5.41, 5.74) is 1.36. The molecule has 1 unspecified atom stereocenters. The number of allylic oxidation sites excluding steroid dienone is 3. The normalized spacial score (nSPS) is 13.0. The average molecular weight is 172 g/mol. The number of hydrogen-bond acceptors (Lipinski definition) is 0. The summed E-state index contributed by atoms with van der Waals surface area (Å²) in [4.78, 5) is 0. The smallest absolute Gasteiger partial charge is 0.00522 e. The lowest BCUT2D eigenvalue weighted by Gasteiger charge is -2.09. The van der Waals surface area contributed by atoms with Gasteiger partial charge in [-0.3, -0.25) is 0 Å². The molecule has 0 bridgehead atoms. The highest BCUT2D eigenvalue weighted by Crippen LogP contribution is 2.20. The summed E-state index contributed by atoms with van der Waals surface area (Å²) < 4.78 is 0. The summed E-state index contributed by atoms with van der Waals surface area (Å²) >= 11 is 0. The molecule has 1 aromatic rings. The van der Waals surface area contributed by atoms with Crippen LogP contribution < -0.4 is 0 Å². The van der Waals surface area contributed by atoms with E-state index in [1.54, 1.807) is 0 Å². The van der Waals surface area contributed by atoms with E-state index in [1.807, 2.05) is 12.1 Å². The first-order valence-electron chi connectivity index (χ1n) is 4.67. The highest BCUT2D eigenvalue weighted by molar-refractivity contribution is 5.24. The maximum atomic E-state index is 3.77. The van der Waals surface area contributed by atoms with Crippen LogP contribution in [0.4, 0.5) is 0 Å². The topological polar surface area (TPSA) is 0 Å². The predicted octanol–water partition coefficient (Wildman–Crippen LogP) is 3.92. The van der Waals surface area contributed by atoms with Gasteiger partial charge in [-0.1, -0.05) is 48.6 Å². The van der Waals surface area contributed by atoms with Gasteiger partial charge in [-0.2, -0.15) is 0 Å². The van der Waals surface area contributed by atoms with Gasteiger partial charge in [-0.05, 0) is 18.9 Å². The Labute approximate surface area is 80.6 Å². The van der Waals surface area contributed by atoms with Gasteiger partial charge in [0.25, 0.3) is 0 Å².